The van der Waals surface area contributed by atoms with Crippen LogP contribution in [0.5, 0.6) is 0 Å². The maximum Gasteiger partial charge on any atom is 0.000126 e. The zero-order valence-corrected chi connectivity index (χ0v) is 22.7. The molecule has 39 heavy (non-hydrogen) atoms. The lowest BCUT2D eigenvalue weighted by Gasteiger charge is -2.25. The predicted molar refractivity (Wildman–Crippen MR) is 170 cm³/mol. The number of aryl methyl sites for hydroxylation is 1. The van der Waals surface area contributed by atoms with Crippen LogP contribution in [-0.2, 0) is 6.42 Å². The minimum absolute atomic E-state index is 0.364. The van der Waals surface area contributed by atoms with Crippen LogP contribution in [-0.4, -0.2) is 0 Å². The van der Waals surface area contributed by atoms with Crippen molar-refractivity contribution >= 4 is 53.9 Å². The molecule has 0 bridgehead atoms. The molecule has 0 saturated heterocycles. The number of hydrogen-bond acceptors (Lipinski definition) is 0. The number of benzene rings is 7. The monoisotopic (exact) mass is 498 g/mol. The van der Waals surface area contributed by atoms with Crippen molar-refractivity contribution in [2.75, 3.05) is 0 Å². The van der Waals surface area contributed by atoms with Gasteiger partial charge in [0.1, 0.15) is 0 Å². The molecule has 0 aromatic heterocycles. The van der Waals surface area contributed by atoms with E-state index in [1.54, 1.807) is 0 Å². The number of hydrogen-bond donors (Lipinski definition) is 0. The maximum absolute atomic E-state index is 2.50. The second kappa shape index (κ2) is 8.29. The van der Waals surface area contributed by atoms with Gasteiger partial charge in [-0.1, -0.05) is 97.4 Å². The summed E-state index contributed by atoms with van der Waals surface area (Å²) in [5, 5.41) is 13.5. The number of fused-ring (bicyclic) bond motifs is 4. The number of rotatable bonds is 1. The third kappa shape index (κ3) is 3.31. The first-order valence-electron chi connectivity index (χ1n) is 14.1. The Morgan fingerprint density at radius 1 is 0.538 bits per heavy atom. The first-order valence-corrected chi connectivity index (χ1v) is 14.1. The smallest absolute Gasteiger partial charge is 0.000126 e. The highest BCUT2D eigenvalue weighted by atomic mass is 14.3. The van der Waals surface area contributed by atoms with Crippen molar-refractivity contribution in [1.82, 2.24) is 0 Å². The van der Waals surface area contributed by atoms with E-state index in [1.165, 1.54) is 87.3 Å². The topological polar surface area (TPSA) is 0 Å². The molecular formula is C39H30. The van der Waals surface area contributed by atoms with Crippen LogP contribution in [0.2, 0.25) is 0 Å². The van der Waals surface area contributed by atoms with E-state index in [4.69, 9.17) is 0 Å². The Labute approximate surface area is 229 Å². The van der Waals surface area contributed by atoms with Crippen molar-refractivity contribution in [2.45, 2.75) is 33.1 Å². The molecule has 0 amide bonds. The highest BCUT2D eigenvalue weighted by Gasteiger charge is 2.22. The molecule has 8 rings (SSSR count). The SMILES string of the molecule is C/C1=C\C(C)c2c(C)ccc3c(-c4cccc5cc6ccccc6cc45)cc4cc5ccccc5c(c4c23)C1. The average molecular weight is 499 g/mol. The van der Waals surface area contributed by atoms with Crippen LogP contribution >= 0.6 is 0 Å². The Morgan fingerprint density at radius 3 is 2.08 bits per heavy atom. The summed E-state index contributed by atoms with van der Waals surface area (Å²) in [7, 11) is 0. The van der Waals surface area contributed by atoms with E-state index in [9.17, 15) is 0 Å². The van der Waals surface area contributed by atoms with Crippen molar-refractivity contribution in [1.29, 1.82) is 0 Å². The molecule has 1 atom stereocenters. The quantitative estimate of drug-likeness (QED) is 0.120. The Bertz CT molecular complexity index is 2170. The maximum atomic E-state index is 2.50. The van der Waals surface area contributed by atoms with Crippen LogP contribution in [0.15, 0.2) is 115 Å². The molecule has 1 aliphatic carbocycles. The van der Waals surface area contributed by atoms with Crippen molar-refractivity contribution in [3.05, 3.63) is 131 Å². The van der Waals surface area contributed by atoms with E-state index >= 15 is 0 Å². The molecule has 186 valence electrons. The van der Waals surface area contributed by atoms with Gasteiger partial charge in [0.25, 0.3) is 0 Å². The van der Waals surface area contributed by atoms with Crippen LogP contribution in [0.3, 0.4) is 0 Å². The first kappa shape index (κ1) is 22.6. The third-order valence-corrected chi connectivity index (χ3v) is 8.97. The van der Waals surface area contributed by atoms with Crippen molar-refractivity contribution in [3.63, 3.8) is 0 Å². The zero-order chi connectivity index (χ0) is 26.2. The fourth-order valence-electron chi connectivity index (χ4n) is 7.35. The molecule has 0 heteroatoms. The first-order chi connectivity index (χ1) is 19.1. The van der Waals surface area contributed by atoms with Gasteiger partial charge in [0.15, 0.2) is 0 Å². The minimum Gasteiger partial charge on any atom is -0.0780 e. The molecule has 0 fully saturated rings. The van der Waals surface area contributed by atoms with Crippen LogP contribution < -0.4 is 0 Å². The molecule has 0 heterocycles. The molecule has 0 saturated carbocycles. The van der Waals surface area contributed by atoms with Crippen molar-refractivity contribution in [3.8, 4) is 11.1 Å². The van der Waals surface area contributed by atoms with E-state index in [0.29, 0.717) is 5.92 Å². The van der Waals surface area contributed by atoms with Crippen LogP contribution in [0.4, 0.5) is 0 Å². The van der Waals surface area contributed by atoms with E-state index < -0.39 is 0 Å². The molecule has 0 N–H and O–H groups in total. The van der Waals surface area contributed by atoms with Gasteiger partial charge in [0.2, 0.25) is 0 Å². The largest absolute Gasteiger partial charge is 0.0780 e. The third-order valence-electron chi connectivity index (χ3n) is 8.97. The van der Waals surface area contributed by atoms with Gasteiger partial charge in [0.05, 0.1) is 0 Å². The summed E-state index contributed by atoms with van der Waals surface area (Å²) >= 11 is 0. The summed E-state index contributed by atoms with van der Waals surface area (Å²) < 4.78 is 0. The van der Waals surface area contributed by atoms with Gasteiger partial charge in [-0.05, 0) is 126 Å². The average Bonchev–Trinajstić information content (AvgIpc) is 2.94. The summed E-state index contributed by atoms with van der Waals surface area (Å²) in [5.41, 5.74) is 8.41. The van der Waals surface area contributed by atoms with Gasteiger partial charge in [-0.25, -0.2) is 0 Å². The van der Waals surface area contributed by atoms with E-state index in [0.717, 1.165) is 6.42 Å². The Morgan fingerprint density at radius 2 is 1.23 bits per heavy atom. The highest BCUT2D eigenvalue weighted by Crippen LogP contribution is 2.46. The minimum atomic E-state index is 0.364. The van der Waals surface area contributed by atoms with Gasteiger partial charge in [-0.15, -0.1) is 0 Å². The highest BCUT2D eigenvalue weighted by molar-refractivity contribution is 6.22. The Balaban J connectivity index is 1.60. The fraction of sp³-hybridized carbons (Fsp3) is 0.128. The van der Waals surface area contributed by atoms with Crippen LogP contribution in [0.1, 0.15) is 36.5 Å². The molecule has 0 radical (unpaired) electrons. The molecule has 1 unspecified atom stereocenters. The number of allylic oxidation sites excluding steroid dienone is 2. The summed E-state index contributed by atoms with van der Waals surface area (Å²) in [6, 6.07) is 38.8. The summed E-state index contributed by atoms with van der Waals surface area (Å²) in [5.74, 6) is 0.364. The standard InChI is InChI=1S/C39H30/c1-23-17-25(3)37-24(2)15-16-33-35(32-14-8-12-29-19-26-9-4-5-10-27(26)21-34(29)32)22-30-20-28-11-6-7-13-31(28)36(18-23)38(30)39(33)37/h4-17,19-22,25H,18H2,1-3H3/b23-17+. The van der Waals surface area contributed by atoms with Crippen LogP contribution in [0.25, 0.3) is 65.0 Å². The van der Waals surface area contributed by atoms with Crippen LogP contribution in [0, 0.1) is 6.92 Å². The lowest BCUT2D eigenvalue weighted by Crippen LogP contribution is -2.04. The second-order valence-electron chi connectivity index (χ2n) is 11.5. The van der Waals surface area contributed by atoms with Gasteiger partial charge in [0, 0.05) is 5.92 Å². The Hall–Kier alpha value is -4.42. The molecule has 0 nitrogen and oxygen atoms in total. The zero-order valence-electron chi connectivity index (χ0n) is 22.7. The molecule has 0 aliphatic heterocycles. The van der Waals surface area contributed by atoms with Crippen molar-refractivity contribution in [2.24, 2.45) is 0 Å². The summed E-state index contributed by atoms with van der Waals surface area (Å²) in [6.45, 7) is 6.97. The molecule has 7 aromatic rings. The van der Waals surface area contributed by atoms with Crippen molar-refractivity contribution < 1.29 is 0 Å². The lowest BCUT2D eigenvalue weighted by atomic mass is 9.79. The van der Waals surface area contributed by atoms with E-state index in [1.807, 2.05) is 0 Å². The Kier molecular flexibility index (Phi) is 4.79. The summed E-state index contributed by atoms with van der Waals surface area (Å²) in [6.07, 6.45) is 3.49. The molecule has 1 aliphatic rings. The van der Waals surface area contributed by atoms with Gasteiger partial charge in [-0.3, -0.25) is 0 Å². The molecular weight excluding hydrogens is 468 g/mol. The molecule has 7 aromatic carbocycles. The van der Waals surface area contributed by atoms with Gasteiger partial charge < -0.3 is 0 Å². The van der Waals surface area contributed by atoms with Gasteiger partial charge in [-0.2, -0.15) is 0 Å². The van der Waals surface area contributed by atoms with E-state index in [-0.39, 0.29) is 0 Å². The second-order valence-corrected chi connectivity index (χ2v) is 11.5. The molecule has 0 spiro atoms. The van der Waals surface area contributed by atoms with E-state index in [2.05, 4.69) is 130 Å². The predicted octanol–water partition coefficient (Wildman–Crippen LogP) is 11.0. The fourth-order valence-corrected chi connectivity index (χ4v) is 7.35. The summed E-state index contributed by atoms with van der Waals surface area (Å²) in [4.78, 5) is 0. The lowest BCUT2D eigenvalue weighted by molar-refractivity contribution is 0.936. The normalized spacial score (nSPS) is 16.7. The van der Waals surface area contributed by atoms with Gasteiger partial charge >= 0.3 is 0 Å².